The van der Waals surface area contributed by atoms with Gasteiger partial charge in [0.25, 0.3) is 0 Å². The molecule has 0 aliphatic heterocycles. The quantitative estimate of drug-likeness (QED) is 0.828. The van der Waals surface area contributed by atoms with Crippen LogP contribution in [0, 0.1) is 0 Å². The molecule has 1 unspecified atom stereocenters. The minimum atomic E-state index is 0.0150. The molecule has 2 heteroatoms. The topological polar surface area (TPSA) is 35.2 Å². The van der Waals surface area contributed by atoms with Gasteiger partial charge in [0.05, 0.1) is 12.2 Å². The molecule has 1 aromatic carbocycles. The lowest BCUT2D eigenvalue weighted by atomic mass is 10.00. The SMILES string of the molecule is CC(C)OC(CN)c1ccc(C(C)C)cc1. The van der Waals surface area contributed by atoms with Crippen molar-refractivity contribution in [2.24, 2.45) is 5.73 Å². The lowest BCUT2D eigenvalue weighted by Crippen LogP contribution is -2.19. The van der Waals surface area contributed by atoms with E-state index in [0.717, 1.165) is 0 Å². The molecule has 0 amide bonds. The van der Waals surface area contributed by atoms with Crippen molar-refractivity contribution in [3.63, 3.8) is 0 Å². The average Bonchev–Trinajstić information content (AvgIpc) is 2.25. The third kappa shape index (κ3) is 3.62. The minimum absolute atomic E-state index is 0.0150. The fourth-order valence-corrected chi connectivity index (χ4v) is 1.69. The normalized spacial score (nSPS) is 13.4. The van der Waals surface area contributed by atoms with E-state index in [1.165, 1.54) is 11.1 Å². The Hall–Kier alpha value is -0.860. The summed E-state index contributed by atoms with van der Waals surface area (Å²) in [5.41, 5.74) is 8.24. The molecule has 90 valence electrons. The number of hydrogen-bond acceptors (Lipinski definition) is 2. The maximum absolute atomic E-state index is 5.76. The Kier molecular flexibility index (Phi) is 4.97. The second-order valence-electron chi connectivity index (χ2n) is 4.73. The van der Waals surface area contributed by atoms with E-state index in [4.69, 9.17) is 10.5 Å². The molecular formula is C14H23NO. The Balaban J connectivity index is 2.78. The van der Waals surface area contributed by atoms with Crippen LogP contribution in [0.1, 0.15) is 50.8 Å². The zero-order chi connectivity index (χ0) is 12.1. The molecule has 2 nitrogen and oxygen atoms in total. The van der Waals surface area contributed by atoms with Gasteiger partial charge in [0.2, 0.25) is 0 Å². The van der Waals surface area contributed by atoms with E-state index in [1.807, 2.05) is 13.8 Å². The summed E-state index contributed by atoms with van der Waals surface area (Å²) >= 11 is 0. The van der Waals surface area contributed by atoms with Crippen LogP contribution >= 0.6 is 0 Å². The van der Waals surface area contributed by atoms with Crippen molar-refractivity contribution in [2.75, 3.05) is 6.54 Å². The molecule has 0 aromatic heterocycles. The zero-order valence-corrected chi connectivity index (χ0v) is 10.7. The van der Waals surface area contributed by atoms with Crippen molar-refractivity contribution in [1.82, 2.24) is 0 Å². The molecule has 0 heterocycles. The highest BCUT2D eigenvalue weighted by atomic mass is 16.5. The lowest BCUT2D eigenvalue weighted by Gasteiger charge is -2.19. The molecule has 0 spiro atoms. The van der Waals surface area contributed by atoms with E-state index in [9.17, 15) is 0 Å². The van der Waals surface area contributed by atoms with Crippen LogP contribution in [-0.2, 0) is 4.74 Å². The van der Waals surface area contributed by atoms with Crippen LogP contribution in [0.5, 0.6) is 0 Å². The smallest absolute Gasteiger partial charge is 0.0950 e. The average molecular weight is 221 g/mol. The van der Waals surface area contributed by atoms with Gasteiger partial charge in [-0.05, 0) is 30.9 Å². The number of hydrogen-bond donors (Lipinski definition) is 1. The molecule has 1 rings (SSSR count). The van der Waals surface area contributed by atoms with E-state index < -0.39 is 0 Å². The predicted molar refractivity (Wildman–Crippen MR) is 68.5 cm³/mol. The van der Waals surface area contributed by atoms with Crippen LogP contribution in [0.2, 0.25) is 0 Å². The van der Waals surface area contributed by atoms with Crippen molar-refractivity contribution < 1.29 is 4.74 Å². The van der Waals surface area contributed by atoms with Gasteiger partial charge >= 0.3 is 0 Å². The van der Waals surface area contributed by atoms with Gasteiger partial charge in [-0.2, -0.15) is 0 Å². The third-order valence-electron chi connectivity index (χ3n) is 2.63. The largest absolute Gasteiger partial charge is 0.370 e. The number of nitrogens with two attached hydrogens (primary N) is 1. The summed E-state index contributed by atoms with van der Waals surface area (Å²) in [5, 5.41) is 0. The first-order chi connectivity index (χ1) is 7.54. The summed E-state index contributed by atoms with van der Waals surface area (Å²) in [6, 6.07) is 8.56. The Labute approximate surface area is 98.8 Å². The van der Waals surface area contributed by atoms with E-state index in [0.29, 0.717) is 12.5 Å². The standard InChI is InChI=1S/C14H23NO/c1-10(2)12-5-7-13(8-6-12)14(9-15)16-11(3)4/h5-8,10-11,14H,9,15H2,1-4H3. The van der Waals surface area contributed by atoms with Crippen LogP contribution in [0.25, 0.3) is 0 Å². The second-order valence-corrected chi connectivity index (χ2v) is 4.73. The number of rotatable bonds is 5. The van der Waals surface area contributed by atoms with Crippen molar-refractivity contribution in [1.29, 1.82) is 0 Å². The first-order valence-electron chi connectivity index (χ1n) is 6.00. The van der Waals surface area contributed by atoms with Crippen LogP contribution in [0.3, 0.4) is 0 Å². The molecule has 0 aliphatic carbocycles. The van der Waals surface area contributed by atoms with Gasteiger partial charge in [-0.25, -0.2) is 0 Å². The summed E-state index contributed by atoms with van der Waals surface area (Å²) < 4.78 is 5.76. The highest BCUT2D eigenvalue weighted by Crippen LogP contribution is 2.21. The Morgan fingerprint density at radius 3 is 1.88 bits per heavy atom. The molecule has 1 atom stereocenters. The molecule has 0 radical (unpaired) electrons. The monoisotopic (exact) mass is 221 g/mol. The van der Waals surface area contributed by atoms with Crippen molar-refractivity contribution in [3.8, 4) is 0 Å². The van der Waals surface area contributed by atoms with Gasteiger partial charge in [-0.3, -0.25) is 0 Å². The molecule has 0 saturated heterocycles. The van der Waals surface area contributed by atoms with Crippen molar-refractivity contribution >= 4 is 0 Å². The van der Waals surface area contributed by atoms with Crippen LogP contribution in [0.15, 0.2) is 24.3 Å². The molecule has 0 aliphatic rings. The summed E-state index contributed by atoms with van der Waals surface area (Å²) in [7, 11) is 0. The van der Waals surface area contributed by atoms with Gasteiger partial charge in [0, 0.05) is 6.54 Å². The van der Waals surface area contributed by atoms with Gasteiger partial charge < -0.3 is 10.5 Å². The first kappa shape index (κ1) is 13.2. The van der Waals surface area contributed by atoms with Gasteiger partial charge in [0.15, 0.2) is 0 Å². The minimum Gasteiger partial charge on any atom is -0.370 e. The molecular weight excluding hydrogens is 198 g/mol. The molecule has 0 fully saturated rings. The molecule has 2 N–H and O–H groups in total. The Morgan fingerprint density at radius 2 is 1.50 bits per heavy atom. The molecule has 0 bridgehead atoms. The Morgan fingerprint density at radius 1 is 1.00 bits per heavy atom. The first-order valence-corrected chi connectivity index (χ1v) is 6.00. The molecule has 16 heavy (non-hydrogen) atoms. The van der Waals surface area contributed by atoms with E-state index in [2.05, 4.69) is 38.1 Å². The lowest BCUT2D eigenvalue weighted by molar-refractivity contribution is 0.0119. The molecule has 0 saturated carbocycles. The Bertz CT molecular complexity index is 303. The predicted octanol–water partition coefficient (Wildman–Crippen LogP) is 3.23. The summed E-state index contributed by atoms with van der Waals surface area (Å²) in [5.74, 6) is 0.566. The van der Waals surface area contributed by atoms with E-state index >= 15 is 0 Å². The van der Waals surface area contributed by atoms with Crippen LogP contribution < -0.4 is 5.73 Å². The summed E-state index contributed by atoms with van der Waals surface area (Å²) in [4.78, 5) is 0. The number of benzene rings is 1. The maximum Gasteiger partial charge on any atom is 0.0950 e. The summed E-state index contributed by atoms with van der Waals surface area (Å²) in [6.07, 6.45) is 0.222. The fourth-order valence-electron chi connectivity index (χ4n) is 1.69. The zero-order valence-electron chi connectivity index (χ0n) is 10.7. The fraction of sp³-hybridized carbons (Fsp3) is 0.571. The van der Waals surface area contributed by atoms with Gasteiger partial charge in [-0.15, -0.1) is 0 Å². The van der Waals surface area contributed by atoms with Gasteiger partial charge in [0.1, 0.15) is 0 Å². The highest BCUT2D eigenvalue weighted by Gasteiger charge is 2.11. The molecule has 1 aromatic rings. The van der Waals surface area contributed by atoms with E-state index in [1.54, 1.807) is 0 Å². The van der Waals surface area contributed by atoms with Crippen molar-refractivity contribution in [2.45, 2.75) is 45.8 Å². The highest BCUT2D eigenvalue weighted by molar-refractivity contribution is 5.26. The third-order valence-corrected chi connectivity index (χ3v) is 2.63. The van der Waals surface area contributed by atoms with E-state index in [-0.39, 0.29) is 12.2 Å². The number of ether oxygens (including phenoxy) is 1. The second kappa shape index (κ2) is 6.02. The van der Waals surface area contributed by atoms with Crippen molar-refractivity contribution in [3.05, 3.63) is 35.4 Å². The van der Waals surface area contributed by atoms with Crippen LogP contribution in [-0.4, -0.2) is 12.6 Å². The summed E-state index contributed by atoms with van der Waals surface area (Å²) in [6.45, 7) is 8.98. The van der Waals surface area contributed by atoms with Crippen LogP contribution in [0.4, 0.5) is 0 Å². The van der Waals surface area contributed by atoms with Gasteiger partial charge in [-0.1, -0.05) is 38.1 Å². The maximum atomic E-state index is 5.76.